The Labute approximate surface area is 493 Å². The Morgan fingerprint density at radius 3 is 2.05 bits per heavy atom. The van der Waals surface area contributed by atoms with Gasteiger partial charge in [-0.2, -0.15) is 0 Å². The number of benzene rings is 2. The molecule has 85 heavy (non-hydrogen) atoms. The van der Waals surface area contributed by atoms with Crippen molar-refractivity contribution in [3.63, 3.8) is 0 Å². The lowest BCUT2D eigenvalue weighted by molar-refractivity contribution is -0.142. The predicted molar refractivity (Wildman–Crippen MR) is 312 cm³/mol. The normalized spacial score (nSPS) is 17.9. The SMILES string of the molecule is CN=C(N)NCCC[C@H](CC(=O)[C@H](CC(C)C)NC(=O)CCC(=O)[C@H](CC1CC1)NC(=O)[C@@H](CC(=O)[C@H](CC(N)=O)NC(=O)[C@@H]1C[C@@H](O)CN1C(=O)[C@@H](Cc1ccc(O)cc1)NC(C)=O)[C@@H](C)O)C(=O)N[C@@H](Cc1c[nH]c2ccccc12)C(N)=O. The highest BCUT2D eigenvalue weighted by Crippen LogP contribution is 2.34. The third-order valence-electron chi connectivity index (χ3n) is 15.2. The number of ketones is 3. The summed E-state index contributed by atoms with van der Waals surface area (Å²) in [5.74, 6) is -10.6. The van der Waals surface area contributed by atoms with E-state index in [9.17, 15) is 68.1 Å². The first-order chi connectivity index (χ1) is 40.2. The van der Waals surface area contributed by atoms with Gasteiger partial charge in [-0.25, -0.2) is 0 Å². The fourth-order valence-electron chi connectivity index (χ4n) is 10.4. The van der Waals surface area contributed by atoms with Gasteiger partial charge in [-0.1, -0.05) is 57.0 Å². The molecular formula is C59H84N12O14. The van der Waals surface area contributed by atoms with E-state index in [1.54, 1.807) is 6.20 Å². The van der Waals surface area contributed by atoms with Crippen molar-refractivity contribution in [1.29, 1.82) is 0 Å². The van der Waals surface area contributed by atoms with Gasteiger partial charge in [0.05, 0.1) is 42.7 Å². The minimum atomic E-state index is -1.67. The number of carbonyl (C=O) groups excluding carboxylic acids is 11. The number of aliphatic imine (C=N–C) groups is 1. The standard InChI is InChI=1S/C59H84N12O14/c1-31(2)21-43(50(77)25-36(9-8-20-64-59(62)63-5)55(82)70-46(54(61)81)24-37-29-65-42-11-7-6-10-40(37)42)67-53(80)19-18-49(76)44(22-34-12-13-34)68-56(83)41(32(3)72)27-51(78)45(28-52(60)79)69-57(84)48-26-39(75)30-71(48)58(85)47(66-33(4)73)23-35-14-16-38(74)17-15-35/h6-7,10-11,14-17,29,31-32,34,36,39,41,43-48,65,72,74-75H,8-9,12-13,18-28,30H2,1-5H3,(H2,60,79)(H2,61,81)(H,66,73)(H,67,80)(H,68,83)(H,69,84)(H,70,82)(H3,62,63,64)/t32-,36-,39-,41+,43+,44+,45+,46+,47-,48+/m1/s1. The topological polar surface area (TPSA) is 430 Å². The second-order valence-corrected chi connectivity index (χ2v) is 22.8. The number of likely N-dealkylation sites (tertiary alicyclic amines) is 1. The molecule has 10 atom stereocenters. The van der Waals surface area contributed by atoms with Gasteiger partial charge in [0.15, 0.2) is 23.3 Å². The number of hydrogen-bond donors (Lipinski definition) is 13. The summed E-state index contributed by atoms with van der Waals surface area (Å²) in [6.07, 6.45) is -1.48. The van der Waals surface area contributed by atoms with Crippen LogP contribution in [0, 0.1) is 23.7 Å². The van der Waals surface area contributed by atoms with Crippen molar-refractivity contribution in [1.82, 2.24) is 41.8 Å². The van der Waals surface area contributed by atoms with Crippen LogP contribution in [0.1, 0.15) is 116 Å². The summed E-state index contributed by atoms with van der Waals surface area (Å²) in [6.45, 7) is 6.10. The Balaban J connectivity index is 1.23. The van der Waals surface area contributed by atoms with Gasteiger partial charge in [-0.15, -0.1) is 0 Å². The lowest BCUT2D eigenvalue weighted by atomic mass is 9.89. The van der Waals surface area contributed by atoms with E-state index >= 15 is 0 Å². The largest absolute Gasteiger partial charge is 0.508 e. The molecule has 1 saturated heterocycles. The minimum absolute atomic E-state index is 0.0326. The molecule has 26 heteroatoms. The molecule has 26 nitrogen and oxygen atoms in total. The molecule has 0 bridgehead atoms. The number of nitrogens with one attached hydrogen (secondary N) is 7. The number of amides is 8. The summed E-state index contributed by atoms with van der Waals surface area (Å²) in [4.78, 5) is 157. The van der Waals surface area contributed by atoms with Crippen LogP contribution in [0.15, 0.2) is 59.7 Å². The fraction of sp³-hybridized carbons (Fsp3) is 0.559. The molecule has 2 aliphatic rings. The van der Waals surface area contributed by atoms with E-state index in [2.05, 4.69) is 41.9 Å². The molecule has 2 heterocycles. The molecule has 8 amide bonds. The second-order valence-electron chi connectivity index (χ2n) is 22.8. The lowest BCUT2D eigenvalue weighted by Gasteiger charge is -2.30. The Bertz CT molecular complexity index is 2910. The number of primary amides is 2. The maximum absolute atomic E-state index is 14.2. The zero-order valence-electron chi connectivity index (χ0n) is 48.9. The fourth-order valence-corrected chi connectivity index (χ4v) is 10.4. The van der Waals surface area contributed by atoms with Crippen LogP contribution in [0.5, 0.6) is 5.75 Å². The number of aliphatic hydroxyl groups is 2. The van der Waals surface area contributed by atoms with Crippen LogP contribution in [0.2, 0.25) is 0 Å². The van der Waals surface area contributed by atoms with Gasteiger partial charge < -0.3 is 74.3 Å². The van der Waals surface area contributed by atoms with Gasteiger partial charge >= 0.3 is 0 Å². The molecule has 1 saturated carbocycles. The first-order valence-electron chi connectivity index (χ1n) is 28.8. The van der Waals surface area contributed by atoms with Crippen LogP contribution in [-0.2, 0) is 65.6 Å². The predicted octanol–water partition coefficient (Wildman–Crippen LogP) is -0.534. The molecule has 464 valence electrons. The third-order valence-corrected chi connectivity index (χ3v) is 15.2. The van der Waals surface area contributed by atoms with Crippen LogP contribution in [0.25, 0.3) is 10.9 Å². The maximum atomic E-state index is 14.2. The number of hydrogen-bond acceptors (Lipinski definition) is 15. The van der Waals surface area contributed by atoms with Crippen LogP contribution >= 0.6 is 0 Å². The number of carbonyl (C=O) groups is 11. The van der Waals surface area contributed by atoms with E-state index in [0.717, 1.165) is 34.2 Å². The highest BCUT2D eigenvalue weighted by Gasteiger charge is 2.43. The molecule has 2 aromatic carbocycles. The van der Waals surface area contributed by atoms with Crippen molar-refractivity contribution in [3.05, 3.63) is 65.9 Å². The van der Waals surface area contributed by atoms with Gasteiger partial charge in [0.25, 0.3) is 0 Å². The molecule has 5 rings (SSSR count). The molecule has 0 unspecified atom stereocenters. The Hall–Kier alpha value is -8.26. The highest BCUT2D eigenvalue weighted by molar-refractivity contribution is 6.00. The van der Waals surface area contributed by atoms with Crippen molar-refractivity contribution >= 4 is 81.5 Å². The van der Waals surface area contributed by atoms with Crippen molar-refractivity contribution < 1.29 is 68.1 Å². The number of phenolic OH excluding ortho intramolecular Hbond substituents is 1. The second kappa shape index (κ2) is 32.1. The van der Waals surface area contributed by atoms with E-state index in [-0.39, 0.29) is 81.5 Å². The molecular weight excluding hydrogens is 1100 g/mol. The van der Waals surface area contributed by atoms with Gasteiger partial charge in [0.1, 0.15) is 23.9 Å². The number of nitrogens with zero attached hydrogens (tertiary/aromatic N) is 2. The van der Waals surface area contributed by atoms with Crippen molar-refractivity contribution in [3.8, 4) is 5.75 Å². The number of guanidine groups is 1. The molecule has 0 radical (unpaired) electrons. The molecule has 0 spiro atoms. The van der Waals surface area contributed by atoms with Crippen LogP contribution in [0.4, 0.5) is 0 Å². The smallest absolute Gasteiger partial charge is 0.246 e. The summed E-state index contributed by atoms with van der Waals surface area (Å²) in [5, 5.41) is 48.2. The number of Topliss-reactive ketones (excluding diaryl/α,β-unsaturated/α-hetero) is 3. The molecule has 1 aliphatic heterocycles. The lowest BCUT2D eigenvalue weighted by Crippen LogP contribution is -2.56. The van der Waals surface area contributed by atoms with E-state index in [0.29, 0.717) is 18.5 Å². The van der Waals surface area contributed by atoms with E-state index in [1.807, 2.05) is 38.1 Å². The zero-order valence-corrected chi connectivity index (χ0v) is 48.9. The number of H-pyrrole nitrogens is 1. The summed E-state index contributed by atoms with van der Waals surface area (Å²) in [7, 11) is 1.50. The van der Waals surface area contributed by atoms with E-state index < -0.39 is 144 Å². The summed E-state index contributed by atoms with van der Waals surface area (Å²) < 4.78 is 0. The number of fused-ring (bicyclic) bond motifs is 1. The first kappa shape index (κ1) is 67.5. The maximum Gasteiger partial charge on any atom is 0.246 e. The molecule has 1 aromatic heterocycles. The number of rotatable bonds is 35. The van der Waals surface area contributed by atoms with E-state index in [1.165, 1.54) is 45.2 Å². The summed E-state index contributed by atoms with van der Waals surface area (Å²) >= 11 is 0. The number of aromatic amines is 1. The first-order valence-corrected chi connectivity index (χ1v) is 28.8. The highest BCUT2D eigenvalue weighted by atomic mass is 16.3. The van der Waals surface area contributed by atoms with Gasteiger partial charge in [-0.05, 0) is 73.8 Å². The van der Waals surface area contributed by atoms with Gasteiger partial charge in [0, 0.05) is 95.0 Å². The van der Waals surface area contributed by atoms with Crippen LogP contribution in [-0.4, -0.2) is 164 Å². The quantitative estimate of drug-likeness (QED) is 0.0200. The van der Waals surface area contributed by atoms with Crippen molar-refractivity contribution in [2.24, 2.45) is 45.9 Å². The molecule has 2 fully saturated rings. The number of aliphatic hydroxyl groups excluding tert-OH is 2. The summed E-state index contributed by atoms with van der Waals surface area (Å²) in [6, 6.07) is 5.64. The Morgan fingerprint density at radius 1 is 0.753 bits per heavy atom. The Kier molecular flexibility index (Phi) is 25.5. The third kappa shape index (κ3) is 21.4. The minimum Gasteiger partial charge on any atom is -0.508 e. The van der Waals surface area contributed by atoms with Crippen LogP contribution in [0.3, 0.4) is 0 Å². The molecule has 1 aliphatic carbocycles. The summed E-state index contributed by atoms with van der Waals surface area (Å²) in [5.41, 5.74) is 19.2. The molecule has 3 aromatic rings. The zero-order chi connectivity index (χ0) is 62.7. The average Bonchev–Trinajstić information content (AvgIpc) is 3.24. The number of β-amino-alcohol motifs (C(OH)–C–C–N with tert-alkyl or cyclic N) is 1. The average molecular weight is 1190 g/mol. The number of phenols is 1. The van der Waals surface area contributed by atoms with E-state index in [4.69, 9.17) is 17.2 Å². The number of aromatic hydroxyl groups is 1. The number of nitrogens with two attached hydrogens (primary N) is 3. The van der Waals surface area contributed by atoms with Crippen molar-refractivity contribution in [2.75, 3.05) is 20.1 Å². The molecule has 16 N–H and O–H groups in total. The van der Waals surface area contributed by atoms with Gasteiger partial charge in [-0.3, -0.25) is 57.7 Å². The number of para-hydroxylation sites is 1. The van der Waals surface area contributed by atoms with Crippen LogP contribution < -0.4 is 49.1 Å². The Morgan fingerprint density at radius 2 is 1.42 bits per heavy atom. The van der Waals surface area contributed by atoms with Gasteiger partial charge in [0.2, 0.25) is 47.3 Å². The number of aromatic nitrogens is 1. The monoisotopic (exact) mass is 1180 g/mol. The van der Waals surface area contributed by atoms with Crippen molar-refractivity contribution in [2.45, 2.75) is 166 Å².